The van der Waals surface area contributed by atoms with E-state index in [2.05, 4.69) is 6.26 Å². The standard InChI is InChI=1S/C10H21NO2S/c1-9(2)11(8-10(12)13)6-4-5-7-14-3/h9H,4-8H2,1-3H3,(H,12,13). The summed E-state index contributed by atoms with van der Waals surface area (Å²) in [5, 5.41) is 8.69. The van der Waals surface area contributed by atoms with Crippen molar-refractivity contribution in [3.05, 3.63) is 0 Å². The minimum absolute atomic E-state index is 0.164. The van der Waals surface area contributed by atoms with Crippen LogP contribution in [-0.2, 0) is 4.79 Å². The first-order valence-electron chi connectivity index (χ1n) is 5.02. The van der Waals surface area contributed by atoms with Crippen molar-refractivity contribution in [3.63, 3.8) is 0 Å². The fourth-order valence-corrected chi connectivity index (χ4v) is 1.75. The van der Waals surface area contributed by atoms with Crippen LogP contribution in [0.4, 0.5) is 0 Å². The molecule has 3 nitrogen and oxygen atoms in total. The lowest BCUT2D eigenvalue weighted by molar-refractivity contribution is -0.138. The number of carboxylic acids is 1. The minimum atomic E-state index is -0.733. The number of carboxylic acid groups (broad SMARTS) is 1. The van der Waals surface area contributed by atoms with Gasteiger partial charge < -0.3 is 5.11 Å². The van der Waals surface area contributed by atoms with Gasteiger partial charge in [0.25, 0.3) is 0 Å². The Labute approximate surface area is 90.9 Å². The number of rotatable bonds is 8. The summed E-state index contributed by atoms with van der Waals surface area (Å²) in [7, 11) is 0. The Morgan fingerprint density at radius 2 is 2.07 bits per heavy atom. The molecule has 0 aromatic heterocycles. The van der Waals surface area contributed by atoms with Crippen molar-refractivity contribution in [1.82, 2.24) is 4.90 Å². The van der Waals surface area contributed by atoms with Gasteiger partial charge in [-0.25, -0.2) is 0 Å². The molecule has 1 N–H and O–H groups in total. The van der Waals surface area contributed by atoms with Crippen LogP contribution in [0.1, 0.15) is 26.7 Å². The molecular formula is C10H21NO2S. The summed E-state index contributed by atoms with van der Waals surface area (Å²) < 4.78 is 0. The fourth-order valence-electron chi connectivity index (χ4n) is 1.25. The largest absolute Gasteiger partial charge is 0.480 e. The van der Waals surface area contributed by atoms with Crippen molar-refractivity contribution in [1.29, 1.82) is 0 Å². The average molecular weight is 219 g/mol. The third-order valence-corrected chi connectivity index (χ3v) is 2.81. The zero-order chi connectivity index (χ0) is 11.0. The third-order valence-electron chi connectivity index (χ3n) is 2.11. The zero-order valence-electron chi connectivity index (χ0n) is 9.32. The van der Waals surface area contributed by atoms with E-state index in [0.29, 0.717) is 6.04 Å². The minimum Gasteiger partial charge on any atom is -0.480 e. The monoisotopic (exact) mass is 219 g/mol. The summed E-state index contributed by atoms with van der Waals surface area (Å²) in [4.78, 5) is 12.6. The van der Waals surface area contributed by atoms with Crippen molar-refractivity contribution >= 4 is 17.7 Å². The number of thioether (sulfide) groups is 1. The van der Waals surface area contributed by atoms with Crippen molar-refractivity contribution < 1.29 is 9.90 Å². The topological polar surface area (TPSA) is 40.5 Å². The molecule has 0 unspecified atom stereocenters. The maximum absolute atomic E-state index is 10.6. The number of carbonyl (C=O) groups is 1. The molecule has 0 heterocycles. The van der Waals surface area contributed by atoms with Crippen LogP contribution in [0.25, 0.3) is 0 Å². The van der Waals surface area contributed by atoms with Gasteiger partial charge in [0.1, 0.15) is 0 Å². The molecule has 0 aliphatic heterocycles. The van der Waals surface area contributed by atoms with Crippen molar-refractivity contribution in [3.8, 4) is 0 Å². The van der Waals surface area contributed by atoms with Gasteiger partial charge in [-0.1, -0.05) is 0 Å². The van der Waals surface area contributed by atoms with Crippen LogP contribution in [0.2, 0.25) is 0 Å². The van der Waals surface area contributed by atoms with Crippen LogP contribution in [0, 0.1) is 0 Å². The van der Waals surface area contributed by atoms with Crippen LogP contribution >= 0.6 is 11.8 Å². The van der Waals surface area contributed by atoms with Crippen LogP contribution < -0.4 is 0 Å². The van der Waals surface area contributed by atoms with Gasteiger partial charge in [0, 0.05) is 6.04 Å². The van der Waals surface area contributed by atoms with Crippen molar-refractivity contribution in [2.75, 3.05) is 25.1 Å². The summed E-state index contributed by atoms with van der Waals surface area (Å²) in [5.74, 6) is 0.433. The Hall–Kier alpha value is -0.220. The molecular weight excluding hydrogens is 198 g/mol. The second kappa shape index (κ2) is 8.12. The Morgan fingerprint density at radius 3 is 2.50 bits per heavy atom. The van der Waals surface area contributed by atoms with E-state index in [4.69, 9.17) is 5.11 Å². The highest BCUT2D eigenvalue weighted by Crippen LogP contribution is 2.04. The zero-order valence-corrected chi connectivity index (χ0v) is 10.1. The van der Waals surface area contributed by atoms with E-state index in [1.165, 1.54) is 12.2 Å². The van der Waals surface area contributed by atoms with Crippen LogP contribution in [-0.4, -0.2) is 47.1 Å². The van der Waals surface area contributed by atoms with Gasteiger partial charge >= 0.3 is 5.97 Å². The molecule has 0 radical (unpaired) electrons. The first kappa shape index (κ1) is 13.8. The lowest BCUT2D eigenvalue weighted by Crippen LogP contribution is -2.36. The summed E-state index contributed by atoms with van der Waals surface area (Å²) in [5.41, 5.74) is 0. The van der Waals surface area contributed by atoms with Gasteiger partial charge in [0.2, 0.25) is 0 Å². The number of hydrogen-bond acceptors (Lipinski definition) is 3. The molecule has 0 aliphatic rings. The lowest BCUT2D eigenvalue weighted by atomic mass is 10.2. The molecule has 0 amide bonds. The maximum atomic E-state index is 10.6. The van der Waals surface area contributed by atoms with E-state index in [0.717, 1.165) is 13.0 Å². The number of hydrogen-bond donors (Lipinski definition) is 1. The van der Waals surface area contributed by atoms with E-state index in [9.17, 15) is 4.79 Å². The second-order valence-corrected chi connectivity index (χ2v) is 4.64. The predicted molar refractivity (Wildman–Crippen MR) is 62.0 cm³/mol. The Morgan fingerprint density at radius 1 is 1.43 bits per heavy atom. The Bertz CT molecular complexity index is 162. The molecule has 0 aromatic carbocycles. The van der Waals surface area contributed by atoms with E-state index in [1.807, 2.05) is 30.5 Å². The van der Waals surface area contributed by atoms with Gasteiger partial charge in [-0.2, -0.15) is 11.8 Å². The molecule has 0 bridgehead atoms. The molecule has 0 aromatic rings. The van der Waals surface area contributed by atoms with Gasteiger partial charge in [0.15, 0.2) is 0 Å². The summed E-state index contributed by atoms with van der Waals surface area (Å²) in [6.07, 6.45) is 4.35. The normalized spacial score (nSPS) is 11.2. The summed E-state index contributed by atoms with van der Waals surface area (Å²) in [6.45, 7) is 5.14. The second-order valence-electron chi connectivity index (χ2n) is 3.66. The van der Waals surface area contributed by atoms with E-state index < -0.39 is 5.97 Å². The van der Waals surface area contributed by atoms with E-state index >= 15 is 0 Å². The third kappa shape index (κ3) is 7.21. The SMILES string of the molecule is CSCCCCN(CC(=O)O)C(C)C. The molecule has 0 atom stereocenters. The van der Waals surface area contributed by atoms with Gasteiger partial charge in [-0.15, -0.1) is 0 Å². The number of nitrogens with zero attached hydrogens (tertiary/aromatic N) is 1. The quantitative estimate of drug-likeness (QED) is 0.633. The molecule has 0 saturated carbocycles. The first-order chi connectivity index (χ1) is 6.57. The van der Waals surface area contributed by atoms with Crippen LogP contribution in [0.3, 0.4) is 0 Å². The lowest BCUT2D eigenvalue weighted by Gasteiger charge is -2.24. The number of aliphatic carboxylic acids is 1. The van der Waals surface area contributed by atoms with Crippen molar-refractivity contribution in [2.45, 2.75) is 32.7 Å². The summed E-state index contributed by atoms with van der Waals surface area (Å²) in [6, 6.07) is 0.320. The Balaban J connectivity index is 3.68. The molecule has 0 fully saturated rings. The van der Waals surface area contributed by atoms with Crippen LogP contribution in [0.5, 0.6) is 0 Å². The highest BCUT2D eigenvalue weighted by Gasteiger charge is 2.12. The predicted octanol–water partition coefficient (Wildman–Crippen LogP) is 1.92. The molecule has 0 saturated heterocycles. The van der Waals surface area contributed by atoms with Gasteiger partial charge in [-0.05, 0) is 45.2 Å². The number of unbranched alkanes of at least 4 members (excludes halogenated alkanes) is 1. The molecule has 84 valence electrons. The van der Waals surface area contributed by atoms with Gasteiger partial charge in [-0.3, -0.25) is 9.69 Å². The van der Waals surface area contributed by atoms with E-state index in [1.54, 1.807) is 0 Å². The Kier molecular flexibility index (Phi) is 7.99. The van der Waals surface area contributed by atoms with Crippen molar-refractivity contribution in [2.24, 2.45) is 0 Å². The molecule has 0 rings (SSSR count). The molecule has 14 heavy (non-hydrogen) atoms. The van der Waals surface area contributed by atoms with Crippen LogP contribution in [0.15, 0.2) is 0 Å². The average Bonchev–Trinajstić information content (AvgIpc) is 2.09. The first-order valence-corrected chi connectivity index (χ1v) is 6.42. The molecule has 0 spiro atoms. The molecule has 4 heteroatoms. The van der Waals surface area contributed by atoms with E-state index in [-0.39, 0.29) is 6.54 Å². The highest BCUT2D eigenvalue weighted by atomic mass is 32.2. The van der Waals surface area contributed by atoms with Gasteiger partial charge in [0.05, 0.1) is 6.54 Å². The highest BCUT2D eigenvalue weighted by molar-refractivity contribution is 7.98. The molecule has 0 aliphatic carbocycles. The smallest absolute Gasteiger partial charge is 0.317 e. The fraction of sp³-hybridized carbons (Fsp3) is 0.900. The maximum Gasteiger partial charge on any atom is 0.317 e. The summed E-state index contributed by atoms with van der Waals surface area (Å²) >= 11 is 1.84.